The van der Waals surface area contributed by atoms with Crippen LogP contribution in [0.4, 0.5) is 0 Å². The minimum atomic E-state index is 0.305. The molecular weight excluding hydrogens is 439 g/mol. The van der Waals surface area contributed by atoms with E-state index in [2.05, 4.69) is 64.3 Å². The average molecular weight is 461 g/mol. The molecule has 3 aromatic carbocycles. The first-order chi connectivity index (χ1) is 15.7. The van der Waals surface area contributed by atoms with E-state index < -0.39 is 0 Å². The molecule has 0 amide bonds. The van der Waals surface area contributed by atoms with Crippen molar-refractivity contribution in [3.8, 4) is 16.9 Å². The van der Waals surface area contributed by atoms with Crippen LogP contribution in [0.5, 0.6) is 0 Å². The molecule has 0 unspecified atom stereocenters. The van der Waals surface area contributed by atoms with Gasteiger partial charge in [0.2, 0.25) is 0 Å². The molecule has 0 atom stereocenters. The molecule has 0 N–H and O–H groups in total. The lowest BCUT2D eigenvalue weighted by molar-refractivity contribution is 0.130. The molecule has 0 aliphatic heterocycles. The SMILES string of the molecule is Clc1ccc(CON=C2CCCc3c2cc(-c2ccccc2)n3-c2ccccc2)c(Cl)c1. The van der Waals surface area contributed by atoms with Gasteiger partial charge in [0.05, 0.1) is 11.4 Å². The van der Waals surface area contributed by atoms with Gasteiger partial charge in [-0.15, -0.1) is 0 Å². The second kappa shape index (κ2) is 9.23. The standard InChI is InChI=1S/C27H22Cl2N2O/c28-21-15-14-20(24(29)16-21)18-32-30-25-12-7-13-26-23(25)17-27(19-8-3-1-4-9-19)31(26)22-10-5-2-6-11-22/h1-6,8-11,14-17H,7,12-13,18H2. The molecule has 0 spiro atoms. The predicted molar refractivity (Wildman–Crippen MR) is 132 cm³/mol. The molecule has 1 heterocycles. The van der Waals surface area contributed by atoms with Crippen LogP contribution in [0.15, 0.2) is 90.1 Å². The number of benzene rings is 3. The highest BCUT2D eigenvalue weighted by atomic mass is 35.5. The number of nitrogens with zero attached hydrogens (tertiary/aromatic N) is 2. The number of oxime groups is 1. The quantitative estimate of drug-likeness (QED) is 0.280. The van der Waals surface area contributed by atoms with Crippen LogP contribution in [-0.4, -0.2) is 10.3 Å². The molecule has 160 valence electrons. The van der Waals surface area contributed by atoms with Crippen LogP contribution in [0.2, 0.25) is 10.0 Å². The lowest BCUT2D eigenvalue weighted by Crippen LogP contribution is -2.14. The van der Waals surface area contributed by atoms with Crippen LogP contribution in [0, 0.1) is 0 Å². The first-order valence-corrected chi connectivity index (χ1v) is 11.4. The number of rotatable bonds is 5. The molecule has 32 heavy (non-hydrogen) atoms. The molecule has 1 aliphatic rings. The summed E-state index contributed by atoms with van der Waals surface area (Å²) < 4.78 is 2.36. The van der Waals surface area contributed by atoms with Gasteiger partial charge in [0.1, 0.15) is 6.61 Å². The van der Waals surface area contributed by atoms with Gasteiger partial charge in [-0.2, -0.15) is 0 Å². The summed E-state index contributed by atoms with van der Waals surface area (Å²) in [6.45, 7) is 0.305. The summed E-state index contributed by atoms with van der Waals surface area (Å²) in [4.78, 5) is 5.75. The van der Waals surface area contributed by atoms with E-state index in [4.69, 9.17) is 28.0 Å². The summed E-state index contributed by atoms with van der Waals surface area (Å²) in [6, 6.07) is 28.6. The van der Waals surface area contributed by atoms with Crippen LogP contribution in [-0.2, 0) is 17.9 Å². The zero-order chi connectivity index (χ0) is 21.9. The van der Waals surface area contributed by atoms with E-state index in [1.807, 2.05) is 24.3 Å². The topological polar surface area (TPSA) is 26.5 Å². The third-order valence-corrected chi connectivity index (χ3v) is 6.32. The molecule has 1 aromatic heterocycles. The molecule has 1 aliphatic carbocycles. The van der Waals surface area contributed by atoms with Crippen LogP contribution in [0.1, 0.15) is 29.7 Å². The molecule has 0 saturated carbocycles. The fourth-order valence-corrected chi connectivity index (χ4v) is 4.67. The summed E-state index contributed by atoms with van der Waals surface area (Å²) in [5.74, 6) is 0. The van der Waals surface area contributed by atoms with Crippen LogP contribution in [0.25, 0.3) is 16.9 Å². The van der Waals surface area contributed by atoms with Gasteiger partial charge in [-0.25, -0.2) is 0 Å². The van der Waals surface area contributed by atoms with Crippen molar-refractivity contribution in [2.24, 2.45) is 5.16 Å². The highest BCUT2D eigenvalue weighted by molar-refractivity contribution is 6.35. The largest absolute Gasteiger partial charge is 0.391 e. The minimum Gasteiger partial charge on any atom is -0.391 e. The van der Waals surface area contributed by atoms with E-state index in [0.29, 0.717) is 16.7 Å². The normalized spacial score (nSPS) is 14.4. The van der Waals surface area contributed by atoms with Crippen LogP contribution < -0.4 is 0 Å². The number of halogens is 2. The summed E-state index contributed by atoms with van der Waals surface area (Å²) in [5, 5.41) is 5.73. The van der Waals surface area contributed by atoms with E-state index in [0.717, 1.165) is 47.5 Å². The number of hydrogen-bond acceptors (Lipinski definition) is 2. The van der Waals surface area contributed by atoms with Gasteiger partial charge < -0.3 is 9.40 Å². The Morgan fingerprint density at radius 3 is 2.34 bits per heavy atom. The zero-order valence-corrected chi connectivity index (χ0v) is 19.0. The monoisotopic (exact) mass is 460 g/mol. The highest BCUT2D eigenvalue weighted by Gasteiger charge is 2.24. The third kappa shape index (κ3) is 4.19. The molecular formula is C27H22Cl2N2O. The number of aromatic nitrogens is 1. The Bertz CT molecular complexity index is 1260. The van der Waals surface area contributed by atoms with Crippen LogP contribution in [0.3, 0.4) is 0 Å². The Labute approximate surface area is 197 Å². The minimum absolute atomic E-state index is 0.305. The van der Waals surface area contributed by atoms with Gasteiger partial charge in [0.25, 0.3) is 0 Å². The van der Waals surface area contributed by atoms with Crippen molar-refractivity contribution in [3.05, 3.63) is 112 Å². The Morgan fingerprint density at radius 1 is 0.844 bits per heavy atom. The van der Waals surface area contributed by atoms with Gasteiger partial charge in [-0.05, 0) is 55.2 Å². The van der Waals surface area contributed by atoms with E-state index in [1.165, 1.54) is 11.3 Å². The van der Waals surface area contributed by atoms with Crippen molar-refractivity contribution >= 4 is 28.9 Å². The number of para-hydroxylation sites is 1. The fourth-order valence-electron chi connectivity index (χ4n) is 4.21. The maximum absolute atomic E-state index is 6.28. The molecule has 0 bridgehead atoms. The van der Waals surface area contributed by atoms with Crippen molar-refractivity contribution in [1.82, 2.24) is 4.57 Å². The van der Waals surface area contributed by atoms with Crippen molar-refractivity contribution < 1.29 is 4.84 Å². The van der Waals surface area contributed by atoms with Gasteiger partial charge in [-0.3, -0.25) is 0 Å². The summed E-state index contributed by atoms with van der Waals surface area (Å²) in [7, 11) is 0. The molecule has 0 fully saturated rings. The maximum atomic E-state index is 6.28. The summed E-state index contributed by atoms with van der Waals surface area (Å²) in [6.07, 6.45) is 2.91. The van der Waals surface area contributed by atoms with Gasteiger partial charge >= 0.3 is 0 Å². The van der Waals surface area contributed by atoms with Crippen LogP contribution >= 0.6 is 23.2 Å². The number of hydrogen-bond donors (Lipinski definition) is 0. The highest BCUT2D eigenvalue weighted by Crippen LogP contribution is 2.34. The molecule has 4 aromatic rings. The van der Waals surface area contributed by atoms with Gasteiger partial charge in [0.15, 0.2) is 0 Å². The smallest absolute Gasteiger partial charge is 0.143 e. The molecule has 0 saturated heterocycles. The van der Waals surface area contributed by atoms with E-state index in [9.17, 15) is 0 Å². The van der Waals surface area contributed by atoms with E-state index >= 15 is 0 Å². The molecule has 5 heteroatoms. The lowest BCUT2D eigenvalue weighted by Gasteiger charge is -2.18. The van der Waals surface area contributed by atoms with Crippen molar-refractivity contribution in [2.75, 3.05) is 0 Å². The van der Waals surface area contributed by atoms with Crippen molar-refractivity contribution in [3.63, 3.8) is 0 Å². The van der Waals surface area contributed by atoms with Crippen molar-refractivity contribution in [2.45, 2.75) is 25.9 Å². The first-order valence-electron chi connectivity index (χ1n) is 10.7. The second-order valence-electron chi connectivity index (χ2n) is 7.83. The van der Waals surface area contributed by atoms with E-state index in [-0.39, 0.29) is 0 Å². The predicted octanol–water partition coefficient (Wildman–Crippen LogP) is 7.71. The Kier molecular flexibility index (Phi) is 6.02. The Hall–Kier alpha value is -3.01. The molecule has 0 radical (unpaired) electrons. The van der Waals surface area contributed by atoms with Crippen molar-refractivity contribution in [1.29, 1.82) is 0 Å². The average Bonchev–Trinajstić information content (AvgIpc) is 3.22. The zero-order valence-electron chi connectivity index (χ0n) is 17.5. The van der Waals surface area contributed by atoms with Gasteiger partial charge in [-0.1, -0.05) is 83.0 Å². The summed E-state index contributed by atoms with van der Waals surface area (Å²) >= 11 is 12.3. The summed E-state index contributed by atoms with van der Waals surface area (Å²) in [5.41, 5.74) is 7.76. The molecule has 3 nitrogen and oxygen atoms in total. The second-order valence-corrected chi connectivity index (χ2v) is 8.67. The Balaban J connectivity index is 1.52. The maximum Gasteiger partial charge on any atom is 0.143 e. The fraction of sp³-hybridized carbons (Fsp3) is 0.148. The first kappa shape index (κ1) is 20.9. The lowest BCUT2D eigenvalue weighted by atomic mass is 9.95. The van der Waals surface area contributed by atoms with Gasteiger partial charge in [0, 0.05) is 32.6 Å². The number of fused-ring (bicyclic) bond motifs is 1. The third-order valence-electron chi connectivity index (χ3n) is 5.73. The molecule has 5 rings (SSSR count). The Morgan fingerprint density at radius 2 is 1.59 bits per heavy atom. The van der Waals surface area contributed by atoms with E-state index in [1.54, 1.807) is 6.07 Å².